The number of hydrogen-bond acceptors (Lipinski definition) is 3. The number of rotatable bonds is 4. The Morgan fingerprint density at radius 2 is 2.19 bits per heavy atom. The lowest BCUT2D eigenvalue weighted by Crippen LogP contribution is -2.09. The number of hydrogen-bond donors (Lipinski definition) is 0. The lowest BCUT2D eigenvalue weighted by molar-refractivity contribution is 0.0536. The highest BCUT2D eigenvalue weighted by molar-refractivity contribution is 5.92. The van der Waals surface area contributed by atoms with Gasteiger partial charge >= 0.3 is 5.97 Å². The Morgan fingerprint density at radius 3 is 2.75 bits per heavy atom. The lowest BCUT2D eigenvalue weighted by Gasteiger charge is -2.08. The quantitative estimate of drug-likeness (QED) is 0.582. The second-order valence-corrected chi connectivity index (χ2v) is 3.38. The van der Waals surface area contributed by atoms with Crippen molar-refractivity contribution in [2.45, 2.75) is 6.92 Å². The number of benzene rings is 1. The molecule has 1 rings (SSSR count). The van der Waals surface area contributed by atoms with Crippen LogP contribution >= 0.6 is 0 Å². The van der Waals surface area contributed by atoms with E-state index in [9.17, 15) is 9.18 Å². The predicted octanol–water partition coefficient (Wildman–Crippen LogP) is 2.57. The Morgan fingerprint density at radius 1 is 1.50 bits per heavy atom. The molecule has 3 nitrogen and oxygen atoms in total. The summed E-state index contributed by atoms with van der Waals surface area (Å²) >= 11 is 0. The van der Waals surface area contributed by atoms with Crippen LogP contribution in [0.2, 0.25) is 0 Å². The van der Waals surface area contributed by atoms with E-state index >= 15 is 0 Å². The smallest absolute Gasteiger partial charge is 0.342 e. The molecule has 0 amide bonds. The van der Waals surface area contributed by atoms with Gasteiger partial charge in [-0.15, -0.1) is 0 Å². The van der Waals surface area contributed by atoms with E-state index in [0.29, 0.717) is 5.57 Å². The summed E-state index contributed by atoms with van der Waals surface area (Å²) in [5.41, 5.74) is 0.785. The van der Waals surface area contributed by atoms with Crippen molar-refractivity contribution in [2.24, 2.45) is 0 Å². The van der Waals surface area contributed by atoms with Crippen molar-refractivity contribution in [3.05, 3.63) is 41.7 Å². The van der Waals surface area contributed by atoms with Crippen LogP contribution in [0.5, 0.6) is 5.75 Å². The molecule has 86 valence electrons. The fraction of sp³-hybridized carbons (Fsp3) is 0.250. The van der Waals surface area contributed by atoms with Crippen LogP contribution in [0.1, 0.15) is 17.3 Å². The van der Waals surface area contributed by atoms with E-state index in [1.807, 2.05) is 0 Å². The van der Waals surface area contributed by atoms with E-state index < -0.39 is 11.8 Å². The minimum absolute atomic E-state index is 0.0729. The maximum atomic E-state index is 13.0. The molecular weight excluding hydrogens is 211 g/mol. The van der Waals surface area contributed by atoms with E-state index in [2.05, 4.69) is 6.58 Å². The minimum Gasteiger partial charge on any atom is -0.496 e. The fourth-order valence-electron chi connectivity index (χ4n) is 1.11. The third-order valence-corrected chi connectivity index (χ3v) is 1.83. The van der Waals surface area contributed by atoms with Gasteiger partial charge in [-0.3, -0.25) is 0 Å². The number of halogens is 1. The summed E-state index contributed by atoms with van der Waals surface area (Å²) in [5, 5.41) is 0. The SMILES string of the molecule is C=C(C)COC(=O)c1cc(F)ccc1OC. The zero-order chi connectivity index (χ0) is 12.1. The molecule has 0 atom stereocenters. The Kier molecular flexibility index (Phi) is 4.05. The Hall–Kier alpha value is -1.84. The lowest BCUT2D eigenvalue weighted by atomic mass is 10.2. The zero-order valence-corrected chi connectivity index (χ0v) is 9.25. The summed E-state index contributed by atoms with van der Waals surface area (Å²) in [6.07, 6.45) is 0. The largest absolute Gasteiger partial charge is 0.496 e. The third-order valence-electron chi connectivity index (χ3n) is 1.83. The van der Waals surface area contributed by atoms with Gasteiger partial charge in [0.25, 0.3) is 0 Å². The first-order valence-electron chi connectivity index (χ1n) is 4.69. The Labute approximate surface area is 93.5 Å². The van der Waals surface area contributed by atoms with Gasteiger partial charge in [-0.25, -0.2) is 9.18 Å². The summed E-state index contributed by atoms with van der Waals surface area (Å²) in [4.78, 5) is 11.6. The first-order chi connectivity index (χ1) is 7.54. The van der Waals surface area contributed by atoms with Crippen molar-refractivity contribution in [3.8, 4) is 5.75 Å². The van der Waals surface area contributed by atoms with Gasteiger partial charge in [-0.2, -0.15) is 0 Å². The maximum absolute atomic E-state index is 13.0. The van der Waals surface area contributed by atoms with Crippen molar-refractivity contribution >= 4 is 5.97 Å². The van der Waals surface area contributed by atoms with E-state index in [1.165, 1.54) is 19.2 Å². The van der Waals surface area contributed by atoms with Gasteiger partial charge in [0.1, 0.15) is 23.7 Å². The number of esters is 1. The van der Waals surface area contributed by atoms with Crippen LogP contribution in [0.4, 0.5) is 4.39 Å². The van der Waals surface area contributed by atoms with Crippen molar-refractivity contribution in [1.29, 1.82) is 0 Å². The van der Waals surface area contributed by atoms with Gasteiger partial charge in [0.05, 0.1) is 7.11 Å². The molecule has 0 saturated heterocycles. The van der Waals surface area contributed by atoms with Gasteiger partial charge in [-0.1, -0.05) is 6.58 Å². The van der Waals surface area contributed by atoms with E-state index in [-0.39, 0.29) is 17.9 Å². The van der Waals surface area contributed by atoms with E-state index in [0.717, 1.165) is 6.07 Å². The highest BCUT2D eigenvalue weighted by atomic mass is 19.1. The van der Waals surface area contributed by atoms with Crippen molar-refractivity contribution in [1.82, 2.24) is 0 Å². The third kappa shape index (κ3) is 3.08. The van der Waals surface area contributed by atoms with Crippen LogP contribution < -0.4 is 4.74 Å². The van der Waals surface area contributed by atoms with Crippen LogP contribution in [0.15, 0.2) is 30.4 Å². The number of ether oxygens (including phenoxy) is 2. The summed E-state index contributed by atoms with van der Waals surface area (Å²) in [7, 11) is 1.41. The molecule has 4 heteroatoms. The monoisotopic (exact) mass is 224 g/mol. The number of methoxy groups -OCH3 is 1. The van der Waals surface area contributed by atoms with Gasteiger partial charge in [0, 0.05) is 0 Å². The van der Waals surface area contributed by atoms with Gasteiger partial charge in [-0.05, 0) is 30.7 Å². The molecule has 0 aliphatic heterocycles. The average Bonchev–Trinajstić information content (AvgIpc) is 2.25. The number of carbonyl (C=O) groups excluding carboxylic acids is 1. The molecule has 0 bridgehead atoms. The Balaban J connectivity index is 2.88. The molecule has 0 spiro atoms. The molecule has 0 aliphatic rings. The summed E-state index contributed by atoms with van der Waals surface area (Å²) in [6.45, 7) is 5.44. The van der Waals surface area contributed by atoms with Crippen molar-refractivity contribution < 1.29 is 18.7 Å². The molecular formula is C12H13FO3. The molecule has 1 aromatic rings. The van der Waals surface area contributed by atoms with Crippen LogP contribution in [0.25, 0.3) is 0 Å². The van der Waals surface area contributed by atoms with E-state index in [4.69, 9.17) is 9.47 Å². The molecule has 0 aromatic heterocycles. The molecule has 16 heavy (non-hydrogen) atoms. The first-order valence-corrected chi connectivity index (χ1v) is 4.69. The van der Waals surface area contributed by atoms with Gasteiger partial charge < -0.3 is 9.47 Å². The molecule has 0 radical (unpaired) electrons. The predicted molar refractivity (Wildman–Crippen MR) is 58.0 cm³/mol. The van der Waals surface area contributed by atoms with Crippen LogP contribution in [-0.4, -0.2) is 19.7 Å². The average molecular weight is 224 g/mol. The number of carbonyl (C=O) groups is 1. The second-order valence-electron chi connectivity index (χ2n) is 3.38. The molecule has 0 fully saturated rings. The minimum atomic E-state index is -0.626. The molecule has 0 N–H and O–H groups in total. The standard InChI is InChI=1S/C12H13FO3/c1-8(2)7-16-12(14)10-6-9(13)4-5-11(10)15-3/h4-6H,1,7H2,2-3H3. The molecule has 0 aliphatic carbocycles. The maximum Gasteiger partial charge on any atom is 0.342 e. The van der Waals surface area contributed by atoms with Gasteiger partial charge in [0.15, 0.2) is 0 Å². The zero-order valence-electron chi connectivity index (χ0n) is 9.25. The topological polar surface area (TPSA) is 35.5 Å². The van der Waals surface area contributed by atoms with E-state index in [1.54, 1.807) is 6.92 Å². The second kappa shape index (κ2) is 5.30. The Bertz CT molecular complexity index is 413. The van der Waals surface area contributed by atoms with Crippen LogP contribution in [-0.2, 0) is 4.74 Å². The molecule has 0 unspecified atom stereocenters. The first kappa shape index (κ1) is 12.2. The summed E-state index contributed by atoms with van der Waals surface area (Å²) in [6, 6.07) is 3.68. The summed E-state index contributed by atoms with van der Waals surface area (Å²) in [5.74, 6) is -0.851. The normalized spacial score (nSPS) is 9.69. The molecule has 1 aromatic carbocycles. The van der Waals surface area contributed by atoms with Crippen molar-refractivity contribution in [2.75, 3.05) is 13.7 Å². The van der Waals surface area contributed by atoms with Crippen molar-refractivity contribution in [3.63, 3.8) is 0 Å². The van der Waals surface area contributed by atoms with Gasteiger partial charge in [0.2, 0.25) is 0 Å². The van der Waals surface area contributed by atoms with Crippen LogP contribution in [0, 0.1) is 5.82 Å². The highest BCUT2D eigenvalue weighted by Gasteiger charge is 2.14. The molecule has 0 heterocycles. The van der Waals surface area contributed by atoms with Crippen LogP contribution in [0.3, 0.4) is 0 Å². The summed E-state index contributed by atoms with van der Waals surface area (Å²) < 4.78 is 22.8. The fourth-order valence-corrected chi connectivity index (χ4v) is 1.11. The highest BCUT2D eigenvalue weighted by Crippen LogP contribution is 2.20. The molecule has 0 saturated carbocycles.